The molecule has 0 unspecified atom stereocenters. The smallest absolute Gasteiger partial charge is 0.235 e. The van der Waals surface area contributed by atoms with Crippen LogP contribution in [-0.2, 0) is 6.42 Å². The maximum Gasteiger partial charge on any atom is 0.235 e. The first-order chi connectivity index (χ1) is 6.74. The molecule has 1 rings (SSSR count). The van der Waals surface area contributed by atoms with E-state index in [4.69, 9.17) is 4.74 Å². The number of hydrogen-bond acceptors (Lipinski definition) is 3. The molecule has 1 heterocycles. The zero-order valence-electron chi connectivity index (χ0n) is 9.16. The third kappa shape index (κ3) is 3.32. The molecule has 0 saturated carbocycles. The molecule has 1 aromatic rings. The lowest BCUT2D eigenvalue weighted by Gasteiger charge is -2.08. The van der Waals surface area contributed by atoms with Gasteiger partial charge in [0.05, 0.1) is 6.61 Å². The van der Waals surface area contributed by atoms with Crippen molar-refractivity contribution in [2.75, 3.05) is 6.61 Å². The Morgan fingerprint density at radius 3 is 2.64 bits per heavy atom. The molecule has 14 heavy (non-hydrogen) atoms. The summed E-state index contributed by atoms with van der Waals surface area (Å²) in [5.41, 5.74) is 0.975. The molecule has 1 aromatic heterocycles. The van der Waals surface area contributed by atoms with E-state index in [-0.39, 0.29) is 0 Å². The van der Waals surface area contributed by atoms with Crippen molar-refractivity contribution in [2.45, 2.75) is 33.6 Å². The third-order valence-corrected chi connectivity index (χ3v) is 1.98. The molecule has 0 N–H and O–H groups in total. The molecule has 0 amide bonds. The zero-order valence-corrected chi connectivity index (χ0v) is 9.16. The lowest BCUT2D eigenvalue weighted by Crippen LogP contribution is -2.02. The number of rotatable bonds is 5. The highest BCUT2D eigenvalue weighted by Gasteiger charge is 2.06. The Morgan fingerprint density at radius 1 is 1.29 bits per heavy atom. The van der Waals surface area contributed by atoms with Gasteiger partial charge in [0.25, 0.3) is 0 Å². The standard InChI is InChI=1S/C11H18N2O/c1-4-14-11-10(6-5-9(2)3)12-7-8-13-11/h7-9H,4-6H2,1-3H3. The van der Waals surface area contributed by atoms with Crippen LogP contribution in [0.5, 0.6) is 5.88 Å². The molecular formula is C11H18N2O. The van der Waals surface area contributed by atoms with E-state index in [1.165, 1.54) is 0 Å². The van der Waals surface area contributed by atoms with E-state index < -0.39 is 0 Å². The van der Waals surface area contributed by atoms with Gasteiger partial charge >= 0.3 is 0 Å². The Morgan fingerprint density at radius 2 is 2.00 bits per heavy atom. The van der Waals surface area contributed by atoms with Gasteiger partial charge in [0.15, 0.2) is 0 Å². The SMILES string of the molecule is CCOc1nccnc1CCC(C)C. The van der Waals surface area contributed by atoms with Gasteiger partial charge in [-0.2, -0.15) is 0 Å². The topological polar surface area (TPSA) is 35.0 Å². The summed E-state index contributed by atoms with van der Waals surface area (Å²) in [6.45, 7) is 7.02. The van der Waals surface area contributed by atoms with E-state index in [1.807, 2.05) is 6.92 Å². The van der Waals surface area contributed by atoms with Gasteiger partial charge in [-0.3, -0.25) is 4.98 Å². The van der Waals surface area contributed by atoms with Crippen LogP contribution in [0.2, 0.25) is 0 Å². The highest BCUT2D eigenvalue weighted by Crippen LogP contribution is 2.15. The summed E-state index contributed by atoms with van der Waals surface area (Å²) in [6.07, 6.45) is 5.46. The lowest BCUT2D eigenvalue weighted by molar-refractivity contribution is 0.319. The lowest BCUT2D eigenvalue weighted by atomic mass is 10.1. The number of hydrogen-bond donors (Lipinski definition) is 0. The van der Waals surface area contributed by atoms with Crippen LogP contribution < -0.4 is 4.74 Å². The summed E-state index contributed by atoms with van der Waals surface area (Å²) in [7, 11) is 0. The third-order valence-electron chi connectivity index (χ3n) is 1.98. The molecule has 0 aliphatic rings. The minimum Gasteiger partial charge on any atom is -0.477 e. The molecule has 0 bridgehead atoms. The first-order valence-electron chi connectivity index (χ1n) is 5.16. The maximum absolute atomic E-state index is 5.40. The van der Waals surface area contributed by atoms with Crippen molar-refractivity contribution in [1.82, 2.24) is 9.97 Å². The molecule has 0 spiro atoms. The summed E-state index contributed by atoms with van der Waals surface area (Å²) in [4.78, 5) is 8.44. The molecule has 0 radical (unpaired) electrons. The molecule has 0 fully saturated rings. The Hall–Kier alpha value is -1.12. The Balaban J connectivity index is 2.64. The number of ether oxygens (including phenoxy) is 1. The summed E-state index contributed by atoms with van der Waals surface area (Å²) in [5.74, 6) is 1.38. The van der Waals surface area contributed by atoms with Crippen molar-refractivity contribution in [3.63, 3.8) is 0 Å². The van der Waals surface area contributed by atoms with E-state index in [9.17, 15) is 0 Å². The molecule has 0 aliphatic carbocycles. The van der Waals surface area contributed by atoms with Crippen LogP contribution >= 0.6 is 0 Å². The molecular weight excluding hydrogens is 176 g/mol. The molecule has 0 aliphatic heterocycles. The molecule has 0 saturated heterocycles. The number of aryl methyl sites for hydroxylation is 1. The minimum absolute atomic E-state index is 0.646. The monoisotopic (exact) mass is 194 g/mol. The normalized spacial score (nSPS) is 10.6. The highest BCUT2D eigenvalue weighted by atomic mass is 16.5. The fourth-order valence-corrected chi connectivity index (χ4v) is 1.21. The second-order valence-corrected chi connectivity index (χ2v) is 3.67. The second-order valence-electron chi connectivity index (χ2n) is 3.67. The van der Waals surface area contributed by atoms with Crippen LogP contribution in [0.3, 0.4) is 0 Å². The Kier molecular flexibility index (Phi) is 4.36. The van der Waals surface area contributed by atoms with E-state index in [0.717, 1.165) is 18.5 Å². The largest absolute Gasteiger partial charge is 0.477 e. The fourth-order valence-electron chi connectivity index (χ4n) is 1.21. The first kappa shape index (κ1) is 11.0. The molecule has 0 atom stereocenters. The number of aromatic nitrogens is 2. The average molecular weight is 194 g/mol. The van der Waals surface area contributed by atoms with Gasteiger partial charge in [0, 0.05) is 12.4 Å². The van der Waals surface area contributed by atoms with Gasteiger partial charge in [-0.15, -0.1) is 0 Å². The predicted molar refractivity (Wildman–Crippen MR) is 56.4 cm³/mol. The summed E-state index contributed by atoms with van der Waals surface area (Å²) in [6, 6.07) is 0. The van der Waals surface area contributed by atoms with Crippen molar-refractivity contribution >= 4 is 0 Å². The van der Waals surface area contributed by atoms with Gasteiger partial charge in [-0.25, -0.2) is 4.98 Å². The molecule has 3 heteroatoms. The Bertz CT molecular complexity index is 274. The maximum atomic E-state index is 5.40. The van der Waals surface area contributed by atoms with Crippen molar-refractivity contribution in [1.29, 1.82) is 0 Å². The first-order valence-corrected chi connectivity index (χ1v) is 5.16. The number of nitrogens with zero attached hydrogens (tertiary/aromatic N) is 2. The van der Waals surface area contributed by atoms with E-state index in [1.54, 1.807) is 12.4 Å². The quantitative estimate of drug-likeness (QED) is 0.722. The minimum atomic E-state index is 0.646. The van der Waals surface area contributed by atoms with Crippen molar-refractivity contribution < 1.29 is 4.74 Å². The van der Waals surface area contributed by atoms with Crippen LogP contribution in [0, 0.1) is 5.92 Å². The molecule has 3 nitrogen and oxygen atoms in total. The summed E-state index contributed by atoms with van der Waals surface area (Å²) >= 11 is 0. The average Bonchev–Trinajstić information content (AvgIpc) is 2.17. The van der Waals surface area contributed by atoms with Gasteiger partial charge in [-0.05, 0) is 25.7 Å². The highest BCUT2D eigenvalue weighted by molar-refractivity contribution is 5.17. The fraction of sp³-hybridized carbons (Fsp3) is 0.636. The predicted octanol–water partition coefficient (Wildman–Crippen LogP) is 2.46. The molecule has 0 aromatic carbocycles. The van der Waals surface area contributed by atoms with Crippen LogP contribution in [0.4, 0.5) is 0 Å². The van der Waals surface area contributed by atoms with E-state index >= 15 is 0 Å². The summed E-state index contributed by atoms with van der Waals surface area (Å²) < 4.78 is 5.40. The summed E-state index contributed by atoms with van der Waals surface area (Å²) in [5, 5.41) is 0. The van der Waals surface area contributed by atoms with Crippen LogP contribution in [0.1, 0.15) is 32.9 Å². The zero-order chi connectivity index (χ0) is 10.4. The van der Waals surface area contributed by atoms with Crippen LogP contribution in [0.25, 0.3) is 0 Å². The van der Waals surface area contributed by atoms with Gasteiger partial charge in [0.2, 0.25) is 5.88 Å². The van der Waals surface area contributed by atoms with E-state index in [0.29, 0.717) is 18.4 Å². The van der Waals surface area contributed by atoms with Crippen molar-refractivity contribution in [3.05, 3.63) is 18.1 Å². The second kappa shape index (κ2) is 5.58. The van der Waals surface area contributed by atoms with Crippen LogP contribution in [-0.4, -0.2) is 16.6 Å². The van der Waals surface area contributed by atoms with E-state index in [2.05, 4.69) is 23.8 Å². The Labute approximate surface area is 85.5 Å². The van der Waals surface area contributed by atoms with Crippen LogP contribution in [0.15, 0.2) is 12.4 Å². The molecule has 78 valence electrons. The van der Waals surface area contributed by atoms with Gasteiger partial charge < -0.3 is 4.74 Å². The van der Waals surface area contributed by atoms with Crippen molar-refractivity contribution in [3.8, 4) is 5.88 Å². The van der Waals surface area contributed by atoms with Gasteiger partial charge in [0.1, 0.15) is 5.69 Å². The van der Waals surface area contributed by atoms with Crippen molar-refractivity contribution in [2.24, 2.45) is 5.92 Å². The van der Waals surface area contributed by atoms with Gasteiger partial charge in [-0.1, -0.05) is 13.8 Å².